The fourth-order valence-corrected chi connectivity index (χ4v) is 7.93. The van der Waals surface area contributed by atoms with Gasteiger partial charge in [-0.2, -0.15) is 0 Å². The Kier molecular flexibility index (Phi) is 5.69. The van der Waals surface area contributed by atoms with E-state index in [2.05, 4.69) is 6.58 Å². The van der Waals surface area contributed by atoms with Gasteiger partial charge >= 0.3 is 5.97 Å². The first kappa shape index (κ1) is 25.1. The molecule has 0 aromatic rings. The van der Waals surface area contributed by atoms with Crippen LogP contribution in [-0.2, 0) is 9.53 Å². The Bertz CT molecular complexity index is 836. The highest BCUT2D eigenvalue weighted by Gasteiger charge is 2.75. The maximum atomic E-state index is 12.9. The fraction of sp³-hybridized carbons (Fsp3) is 0.880. The van der Waals surface area contributed by atoms with Crippen LogP contribution in [0.4, 0.5) is 0 Å². The van der Waals surface area contributed by atoms with Gasteiger partial charge in [0.25, 0.3) is 0 Å². The van der Waals surface area contributed by atoms with Gasteiger partial charge in [0.05, 0.1) is 35.9 Å². The average Bonchev–Trinajstić information content (AvgIpc) is 2.89. The van der Waals surface area contributed by atoms with E-state index in [1.165, 1.54) is 6.92 Å². The average molecular weight is 469 g/mol. The standard InChI is InChI=1S/C25H40O8/c1-11(13(3)26)21(30)33-20-15-8-7-14-12(2)17-18(28)19(29)22(4,5)25(17,32)16(27)9-24(14,20)10-23(15,6)31/h11,13-20,26-29,31-32H,2,7-10H2,1,3-6H3/t11-,13-,14-,15+,16-,17+,18+,19-,20+,23+,24-,25+/m0/s1. The van der Waals surface area contributed by atoms with Crippen molar-refractivity contribution >= 4 is 5.97 Å². The first-order chi connectivity index (χ1) is 15.0. The maximum absolute atomic E-state index is 12.9. The van der Waals surface area contributed by atoms with Crippen LogP contribution in [0.1, 0.15) is 60.3 Å². The van der Waals surface area contributed by atoms with Crippen molar-refractivity contribution < 1.29 is 40.2 Å². The number of ether oxygens (including phenoxy) is 1. The molecule has 0 amide bonds. The van der Waals surface area contributed by atoms with Crippen molar-refractivity contribution in [2.45, 2.75) is 102 Å². The summed E-state index contributed by atoms with van der Waals surface area (Å²) in [6.45, 7) is 12.3. The van der Waals surface area contributed by atoms with Crippen molar-refractivity contribution in [3.05, 3.63) is 12.2 Å². The van der Waals surface area contributed by atoms with E-state index < -0.39 is 70.4 Å². The van der Waals surface area contributed by atoms with E-state index in [1.54, 1.807) is 27.7 Å². The molecule has 0 aromatic carbocycles. The highest BCUT2D eigenvalue weighted by Crippen LogP contribution is 2.69. The Morgan fingerprint density at radius 2 is 1.73 bits per heavy atom. The van der Waals surface area contributed by atoms with Crippen LogP contribution in [0.25, 0.3) is 0 Å². The second-order valence-electron chi connectivity index (χ2n) is 12.1. The van der Waals surface area contributed by atoms with E-state index in [0.29, 0.717) is 18.4 Å². The van der Waals surface area contributed by atoms with E-state index in [4.69, 9.17) is 4.74 Å². The topological polar surface area (TPSA) is 148 Å². The van der Waals surface area contributed by atoms with Crippen LogP contribution in [-0.4, -0.2) is 78.3 Å². The zero-order valence-electron chi connectivity index (χ0n) is 20.2. The van der Waals surface area contributed by atoms with Gasteiger partial charge in [-0.15, -0.1) is 0 Å². The maximum Gasteiger partial charge on any atom is 0.311 e. The van der Waals surface area contributed by atoms with E-state index >= 15 is 0 Å². The molecule has 4 aliphatic carbocycles. The molecular weight excluding hydrogens is 428 g/mol. The summed E-state index contributed by atoms with van der Waals surface area (Å²) < 4.78 is 6.00. The number of carbonyl (C=O) groups is 1. The van der Waals surface area contributed by atoms with Gasteiger partial charge in [0.1, 0.15) is 11.7 Å². The van der Waals surface area contributed by atoms with Gasteiger partial charge in [0.15, 0.2) is 0 Å². The van der Waals surface area contributed by atoms with E-state index in [1.807, 2.05) is 0 Å². The molecule has 2 bridgehead atoms. The van der Waals surface area contributed by atoms with Crippen LogP contribution in [0.3, 0.4) is 0 Å². The van der Waals surface area contributed by atoms with Gasteiger partial charge in [-0.1, -0.05) is 26.0 Å². The van der Waals surface area contributed by atoms with Crippen LogP contribution < -0.4 is 0 Å². The lowest BCUT2D eigenvalue weighted by Gasteiger charge is -2.47. The number of hydrogen-bond donors (Lipinski definition) is 6. The quantitative estimate of drug-likeness (QED) is 0.259. The number of esters is 1. The third-order valence-corrected chi connectivity index (χ3v) is 10.1. The molecule has 188 valence electrons. The summed E-state index contributed by atoms with van der Waals surface area (Å²) in [5.41, 5.74) is -4.61. The van der Waals surface area contributed by atoms with Gasteiger partial charge in [-0.3, -0.25) is 4.79 Å². The van der Waals surface area contributed by atoms with E-state index in [9.17, 15) is 35.4 Å². The largest absolute Gasteiger partial charge is 0.461 e. The summed E-state index contributed by atoms with van der Waals surface area (Å²) in [7, 11) is 0. The molecule has 0 aromatic heterocycles. The zero-order chi connectivity index (χ0) is 24.9. The summed E-state index contributed by atoms with van der Waals surface area (Å²) in [5, 5.41) is 66.4. The summed E-state index contributed by atoms with van der Waals surface area (Å²) in [6, 6.07) is 0. The third kappa shape index (κ3) is 3.07. The normalized spacial score (nSPS) is 52.5. The molecule has 0 heterocycles. The van der Waals surface area contributed by atoms with Crippen LogP contribution >= 0.6 is 0 Å². The van der Waals surface area contributed by atoms with Crippen molar-refractivity contribution in [2.24, 2.45) is 34.5 Å². The number of carbonyl (C=O) groups excluding carboxylic acids is 1. The minimum Gasteiger partial charge on any atom is -0.461 e. The van der Waals surface area contributed by atoms with Gasteiger partial charge in [0.2, 0.25) is 0 Å². The van der Waals surface area contributed by atoms with Gasteiger partial charge in [-0.25, -0.2) is 0 Å². The monoisotopic (exact) mass is 468 g/mol. The molecule has 6 N–H and O–H groups in total. The number of aliphatic hydroxyl groups is 6. The Labute approximate surface area is 195 Å². The number of hydrogen-bond acceptors (Lipinski definition) is 8. The molecule has 1 spiro atoms. The molecule has 4 saturated carbocycles. The highest BCUT2D eigenvalue weighted by molar-refractivity contribution is 5.73. The molecule has 12 atom stereocenters. The second kappa shape index (κ2) is 7.48. The van der Waals surface area contributed by atoms with Crippen molar-refractivity contribution in [3.8, 4) is 0 Å². The molecule has 4 aliphatic rings. The minimum absolute atomic E-state index is 0.0280. The summed E-state index contributed by atoms with van der Waals surface area (Å²) in [5.74, 6) is -3.00. The van der Waals surface area contributed by atoms with Gasteiger partial charge in [-0.05, 0) is 52.4 Å². The number of rotatable bonds is 3. The predicted molar refractivity (Wildman–Crippen MR) is 119 cm³/mol. The van der Waals surface area contributed by atoms with Crippen LogP contribution in [0.15, 0.2) is 12.2 Å². The molecule has 33 heavy (non-hydrogen) atoms. The minimum atomic E-state index is -1.85. The first-order valence-electron chi connectivity index (χ1n) is 12.1. The number of fused-ring (bicyclic) bond motifs is 2. The Morgan fingerprint density at radius 1 is 1.12 bits per heavy atom. The Hall–Kier alpha value is -1.03. The molecule has 0 radical (unpaired) electrons. The lowest BCUT2D eigenvalue weighted by atomic mass is 9.61. The number of aliphatic hydroxyl groups excluding tert-OH is 4. The van der Waals surface area contributed by atoms with Crippen LogP contribution in [0, 0.1) is 34.5 Å². The van der Waals surface area contributed by atoms with Gasteiger partial charge in [0, 0.05) is 22.7 Å². The van der Waals surface area contributed by atoms with Crippen molar-refractivity contribution in [1.29, 1.82) is 0 Å². The lowest BCUT2D eigenvalue weighted by Crippen LogP contribution is -2.57. The predicted octanol–water partition coefficient (Wildman–Crippen LogP) is 0.512. The second-order valence-corrected chi connectivity index (χ2v) is 12.1. The molecule has 0 saturated heterocycles. The molecule has 8 heteroatoms. The zero-order valence-corrected chi connectivity index (χ0v) is 20.2. The smallest absolute Gasteiger partial charge is 0.311 e. The highest BCUT2D eigenvalue weighted by atomic mass is 16.5. The molecule has 0 unspecified atom stereocenters. The molecule has 4 fully saturated rings. The van der Waals surface area contributed by atoms with Crippen molar-refractivity contribution in [1.82, 2.24) is 0 Å². The van der Waals surface area contributed by atoms with Crippen molar-refractivity contribution in [3.63, 3.8) is 0 Å². The van der Waals surface area contributed by atoms with Gasteiger partial charge < -0.3 is 35.4 Å². The summed E-state index contributed by atoms with van der Waals surface area (Å²) in [6.07, 6.45) is -4.14. The molecule has 4 rings (SSSR count). The van der Waals surface area contributed by atoms with Crippen LogP contribution in [0.5, 0.6) is 0 Å². The molecular formula is C25H40O8. The van der Waals surface area contributed by atoms with Crippen molar-refractivity contribution in [2.75, 3.05) is 0 Å². The Balaban J connectivity index is 1.82. The Morgan fingerprint density at radius 3 is 2.30 bits per heavy atom. The summed E-state index contributed by atoms with van der Waals surface area (Å²) >= 11 is 0. The molecule has 0 aliphatic heterocycles. The lowest BCUT2D eigenvalue weighted by molar-refractivity contribution is -0.185. The summed E-state index contributed by atoms with van der Waals surface area (Å²) in [4.78, 5) is 12.9. The third-order valence-electron chi connectivity index (χ3n) is 10.1. The van der Waals surface area contributed by atoms with E-state index in [0.717, 1.165) is 0 Å². The first-order valence-corrected chi connectivity index (χ1v) is 12.1. The fourth-order valence-electron chi connectivity index (χ4n) is 7.93. The SMILES string of the molecule is C=C1[C@@H]2[C@@H](O)[C@H](O)C(C)(C)[C@@]2(O)[C@@H](O)C[C@]23C[C@@](C)(O)[C@H](CC[C@@H]12)[C@H]3OC(=O)[C@@H](C)[C@H](C)O. The van der Waals surface area contributed by atoms with Crippen LogP contribution in [0.2, 0.25) is 0 Å². The van der Waals surface area contributed by atoms with E-state index in [-0.39, 0.29) is 24.7 Å². The molecule has 8 nitrogen and oxygen atoms in total.